The highest BCUT2D eigenvalue weighted by atomic mass is 15.1. The Balaban J connectivity index is 1.08. The third-order valence-electron chi connectivity index (χ3n) is 12.7. The van der Waals surface area contributed by atoms with Crippen molar-refractivity contribution < 1.29 is 0 Å². The molecule has 0 saturated carbocycles. The Bertz CT molecular complexity index is 3920. The summed E-state index contributed by atoms with van der Waals surface area (Å²) in [6.45, 7) is 7.81. The number of hydrogen-bond donors (Lipinski definition) is 0. The van der Waals surface area contributed by atoms with Crippen LogP contribution in [0.5, 0.6) is 0 Å². The van der Waals surface area contributed by atoms with Crippen molar-refractivity contribution in [3.05, 3.63) is 236 Å². The third kappa shape index (κ3) is 6.41. The van der Waals surface area contributed by atoms with Gasteiger partial charge in [0.1, 0.15) is 0 Å². The largest absolute Gasteiger partial charge is 0.307 e. The van der Waals surface area contributed by atoms with Gasteiger partial charge < -0.3 is 9.13 Å². The lowest BCUT2D eigenvalue weighted by molar-refractivity contribution is 1.09. The summed E-state index contributed by atoms with van der Waals surface area (Å²) in [6.07, 6.45) is 3.90. The topological polar surface area (TPSA) is 63.8 Å². The molecule has 0 fully saturated rings. The summed E-state index contributed by atoms with van der Waals surface area (Å²) in [5.74, 6) is 0. The van der Waals surface area contributed by atoms with Crippen LogP contribution >= 0.6 is 0 Å². The summed E-state index contributed by atoms with van der Waals surface area (Å²) in [5.41, 5.74) is 16.6. The Morgan fingerprint density at radius 1 is 0.394 bits per heavy atom. The van der Waals surface area contributed by atoms with Gasteiger partial charge in [0.2, 0.25) is 0 Å². The fourth-order valence-electron chi connectivity index (χ4n) is 9.52. The van der Waals surface area contributed by atoms with Gasteiger partial charge in [-0.25, -0.2) is 4.85 Å². The van der Waals surface area contributed by atoms with Crippen LogP contribution in [0.2, 0.25) is 0 Å². The number of pyridine rings is 2. The molecule has 4 heterocycles. The summed E-state index contributed by atoms with van der Waals surface area (Å²) in [6, 6.07) is 73.4. The maximum absolute atomic E-state index is 11.0. The van der Waals surface area contributed by atoms with E-state index in [1.807, 2.05) is 73.1 Å². The zero-order valence-corrected chi connectivity index (χ0v) is 35.5. The van der Waals surface area contributed by atoms with Gasteiger partial charge in [0, 0.05) is 61.8 Å². The van der Waals surface area contributed by atoms with Gasteiger partial charge in [-0.1, -0.05) is 140 Å². The number of nitriles is 1. The molecule has 0 bridgehead atoms. The first kappa shape index (κ1) is 38.3. The maximum Gasteiger partial charge on any atom is 0.187 e. The Morgan fingerprint density at radius 2 is 0.864 bits per heavy atom. The first-order chi connectivity index (χ1) is 32.6. The number of fused-ring (bicyclic) bond motifs is 6. The van der Waals surface area contributed by atoms with Crippen molar-refractivity contribution >= 4 is 49.3 Å². The molecular weight excluding hydrogens is 805 g/mol. The summed E-state index contributed by atoms with van der Waals surface area (Å²) < 4.78 is 4.63. The minimum absolute atomic E-state index is 0.512. The van der Waals surface area contributed by atoms with Crippen molar-refractivity contribution in [2.45, 2.75) is 0 Å². The Kier molecular flexibility index (Phi) is 9.16. The molecule has 0 radical (unpaired) electrons. The van der Waals surface area contributed by atoms with Gasteiger partial charge >= 0.3 is 0 Å². The number of hydrogen-bond acceptors (Lipinski definition) is 3. The van der Waals surface area contributed by atoms with Crippen LogP contribution in [-0.4, -0.2) is 19.1 Å². The van der Waals surface area contributed by atoms with Gasteiger partial charge in [0.15, 0.2) is 5.69 Å². The van der Waals surface area contributed by atoms with Gasteiger partial charge in [0.05, 0.1) is 63.0 Å². The lowest BCUT2D eigenvalue weighted by atomic mass is 9.97. The van der Waals surface area contributed by atoms with Gasteiger partial charge in [0.25, 0.3) is 0 Å². The number of para-hydroxylation sites is 2. The van der Waals surface area contributed by atoms with E-state index in [0.717, 1.165) is 111 Å². The average Bonchev–Trinajstić information content (AvgIpc) is 3.91. The molecule has 306 valence electrons. The van der Waals surface area contributed by atoms with Gasteiger partial charge in [-0.15, -0.1) is 0 Å². The average molecular weight is 841 g/mol. The maximum atomic E-state index is 11.0. The number of rotatable bonds is 7. The third-order valence-corrected chi connectivity index (χ3v) is 12.7. The molecule has 0 aliphatic rings. The zero-order valence-electron chi connectivity index (χ0n) is 35.5. The number of nitrogens with zero attached hydrogens (tertiary/aromatic N) is 6. The quantitative estimate of drug-likeness (QED) is 0.150. The van der Waals surface area contributed by atoms with E-state index in [4.69, 9.17) is 16.5 Å². The van der Waals surface area contributed by atoms with Gasteiger partial charge in [-0.3, -0.25) is 9.97 Å². The molecule has 0 aliphatic heterocycles. The van der Waals surface area contributed by atoms with Crippen molar-refractivity contribution in [1.29, 1.82) is 5.26 Å². The Labute approximate surface area is 381 Å². The predicted octanol–water partition coefficient (Wildman–Crippen LogP) is 15.4. The van der Waals surface area contributed by atoms with Crippen LogP contribution in [0.3, 0.4) is 0 Å². The monoisotopic (exact) mass is 840 g/mol. The fraction of sp³-hybridized carbons (Fsp3) is 0. The van der Waals surface area contributed by atoms with E-state index in [-0.39, 0.29) is 0 Å². The van der Waals surface area contributed by atoms with Crippen LogP contribution < -0.4 is 0 Å². The Hall–Kier alpha value is -9.36. The minimum atomic E-state index is 0.512. The molecule has 6 heteroatoms. The molecule has 0 saturated heterocycles. The second-order valence-electron chi connectivity index (χ2n) is 16.4. The van der Waals surface area contributed by atoms with E-state index in [1.165, 1.54) is 0 Å². The van der Waals surface area contributed by atoms with Crippen molar-refractivity contribution in [2.24, 2.45) is 0 Å². The SMILES string of the molecule is [C-]#[N+]c1cccc(-c2cc(-n3c4ccccc4c4cc(-c5ccc(-c6ccccc6)nc5)ccc43)c(-n3c4ccccc4c4cc(-c5ccc(-c6ccccc6)nc5)ccc43)cc2C#N)c1. The smallest absolute Gasteiger partial charge is 0.187 e. The molecule has 12 aromatic rings. The fourth-order valence-corrected chi connectivity index (χ4v) is 9.52. The van der Waals surface area contributed by atoms with Crippen molar-refractivity contribution in [2.75, 3.05) is 0 Å². The summed E-state index contributed by atoms with van der Waals surface area (Å²) >= 11 is 0. The molecule has 8 aromatic carbocycles. The molecule has 0 unspecified atom stereocenters. The van der Waals surface area contributed by atoms with E-state index < -0.39 is 0 Å². The molecule has 66 heavy (non-hydrogen) atoms. The second kappa shape index (κ2) is 15.8. The molecular formula is C60H36N6. The second-order valence-corrected chi connectivity index (χ2v) is 16.4. The molecule has 0 atom stereocenters. The van der Waals surface area contributed by atoms with Crippen LogP contribution in [0, 0.1) is 17.9 Å². The van der Waals surface area contributed by atoms with Crippen LogP contribution in [0.25, 0.3) is 116 Å². The summed E-state index contributed by atoms with van der Waals surface area (Å²) in [5, 5.41) is 15.3. The lowest BCUT2D eigenvalue weighted by Gasteiger charge is -2.19. The van der Waals surface area contributed by atoms with E-state index in [1.54, 1.807) is 6.07 Å². The van der Waals surface area contributed by atoms with Crippen molar-refractivity contribution in [3.8, 4) is 73.3 Å². The molecule has 6 nitrogen and oxygen atoms in total. The van der Waals surface area contributed by atoms with Crippen LogP contribution in [0.1, 0.15) is 5.56 Å². The van der Waals surface area contributed by atoms with E-state index in [9.17, 15) is 5.26 Å². The molecule has 0 amide bonds. The van der Waals surface area contributed by atoms with E-state index >= 15 is 0 Å². The highest BCUT2D eigenvalue weighted by Crippen LogP contribution is 2.43. The molecule has 0 N–H and O–H groups in total. The lowest BCUT2D eigenvalue weighted by Crippen LogP contribution is -2.05. The van der Waals surface area contributed by atoms with Crippen molar-refractivity contribution in [1.82, 2.24) is 19.1 Å². The van der Waals surface area contributed by atoms with Crippen LogP contribution in [0.4, 0.5) is 5.69 Å². The van der Waals surface area contributed by atoms with Crippen LogP contribution in [0.15, 0.2) is 219 Å². The minimum Gasteiger partial charge on any atom is -0.307 e. The van der Waals surface area contributed by atoms with E-state index in [0.29, 0.717) is 11.3 Å². The van der Waals surface area contributed by atoms with Gasteiger partial charge in [-0.2, -0.15) is 5.26 Å². The summed E-state index contributed by atoms with van der Waals surface area (Å²) in [7, 11) is 0. The van der Waals surface area contributed by atoms with Gasteiger partial charge in [-0.05, 0) is 83.4 Å². The zero-order chi connectivity index (χ0) is 44.1. The Morgan fingerprint density at radius 3 is 1.36 bits per heavy atom. The number of benzene rings is 8. The molecule has 4 aromatic heterocycles. The van der Waals surface area contributed by atoms with Crippen LogP contribution in [-0.2, 0) is 0 Å². The van der Waals surface area contributed by atoms with Crippen molar-refractivity contribution in [3.63, 3.8) is 0 Å². The molecule has 0 spiro atoms. The number of aromatic nitrogens is 4. The normalized spacial score (nSPS) is 11.3. The highest BCUT2D eigenvalue weighted by Gasteiger charge is 2.23. The van der Waals surface area contributed by atoms with E-state index in [2.05, 4.69) is 160 Å². The molecule has 0 aliphatic carbocycles. The molecule has 12 rings (SSSR count). The highest BCUT2D eigenvalue weighted by molar-refractivity contribution is 6.13. The standard InChI is InChI=1S/C60H36N6/c1-62-47-18-12-17-43(31-47)50-35-60(66-56-22-11-9-20-49(56)52-33-42(26-30-58(52)66)45-24-28-54(64-38-45)40-15-6-3-7-16-40)59(34-46(50)36-61)65-55-21-10-8-19-48(55)51-32-41(25-29-57(51)65)44-23-27-53(63-37-44)39-13-4-2-5-14-39/h2-35,37-38H. The predicted molar refractivity (Wildman–Crippen MR) is 269 cm³/mol. The first-order valence-corrected chi connectivity index (χ1v) is 21.8. The first-order valence-electron chi connectivity index (χ1n) is 21.8. The summed E-state index contributed by atoms with van der Waals surface area (Å²) in [4.78, 5) is 13.5.